The standard InChI is InChI=1S/C27H22N2/c1-3-8-22(9-4-1)24-12-16-26(17-13-24)28-20-7-21-29-27-18-14-25(15-19-27)23-10-5-2-6-11-23/h1-21,28H. The Bertz CT molecular complexity index is 1080. The fourth-order valence-electron chi connectivity index (χ4n) is 3.08. The van der Waals surface area contributed by atoms with E-state index in [-0.39, 0.29) is 0 Å². The van der Waals surface area contributed by atoms with Crippen molar-refractivity contribution in [1.29, 1.82) is 0 Å². The minimum Gasteiger partial charge on any atom is -0.362 e. The molecule has 4 aromatic rings. The molecule has 0 saturated heterocycles. The quantitative estimate of drug-likeness (QED) is 0.351. The third kappa shape index (κ3) is 5.08. The second kappa shape index (κ2) is 9.34. The maximum absolute atomic E-state index is 4.47. The zero-order valence-corrected chi connectivity index (χ0v) is 16.1. The van der Waals surface area contributed by atoms with Gasteiger partial charge in [0.1, 0.15) is 0 Å². The number of aliphatic imine (C=N–C) groups is 1. The monoisotopic (exact) mass is 374 g/mol. The van der Waals surface area contributed by atoms with Gasteiger partial charge in [0, 0.05) is 18.1 Å². The second-order valence-electron chi connectivity index (χ2n) is 6.64. The van der Waals surface area contributed by atoms with Crippen molar-refractivity contribution < 1.29 is 0 Å². The first kappa shape index (κ1) is 18.5. The van der Waals surface area contributed by atoms with Crippen LogP contribution >= 0.6 is 0 Å². The van der Waals surface area contributed by atoms with E-state index in [0.29, 0.717) is 0 Å². The highest BCUT2D eigenvalue weighted by Gasteiger charge is 1.97. The van der Waals surface area contributed by atoms with Crippen LogP contribution in [-0.4, -0.2) is 6.21 Å². The van der Waals surface area contributed by atoms with Crippen molar-refractivity contribution in [2.24, 2.45) is 4.99 Å². The molecule has 0 aliphatic heterocycles. The molecule has 0 aromatic heterocycles. The van der Waals surface area contributed by atoms with E-state index in [9.17, 15) is 0 Å². The number of benzene rings is 4. The average Bonchev–Trinajstić information content (AvgIpc) is 2.81. The van der Waals surface area contributed by atoms with Crippen molar-refractivity contribution >= 4 is 17.6 Å². The number of nitrogens with one attached hydrogen (secondary N) is 1. The number of hydrogen-bond acceptors (Lipinski definition) is 2. The number of nitrogens with zero attached hydrogens (tertiary/aromatic N) is 1. The number of allylic oxidation sites excluding steroid dienone is 1. The van der Waals surface area contributed by atoms with Crippen LogP contribution in [0.3, 0.4) is 0 Å². The summed E-state index contributed by atoms with van der Waals surface area (Å²) in [7, 11) is 0. The lowest BCUT2D eigenvalue weighted by Gasteiger charge is -2.04. The van der Waals surface area contributed by atoms with Crippen molar-refractivity contribution in [3.05, 3.63) is 121 Å². The zero-order valence-electron chi connectivity index (χ0n) is 16.1. The minimum atomic E-state index is 0.932. The van der Waals surface area contributed by atoms with Gasteiger partial charge in [-0.2, -0.15) is 0 Å². The van der Waals surface area contributed by atoms with E-state index >= 15 is 0 Å². The van der Waals surface area contributed by atoms with E-state index in [1.165, 1.54) is 22.3 Å². The molecule has 0 aliphatic rings. The Morgan fingerprint density at radius 2 is 1.00 bits per heavy atom. The fourth-order valence-corrected chi connectivity index (χ4v) is 3.08. The van der Waals surface area contributed by atoms with Gasteiger partial charge in [-0.3, -0.25) is 4.99 Å². The van der Waals surface area contributed by atoms with Crippen LogP contribution < -0.4 is 5.32 Å². The van der Waals surface area contributed by atoms with Crippen LogP contribution in [0.1, 0.15) is 0 Å². The SMILES string of the molecule is C(=CNc1ccc(-c2ccccc2)cc1)C=Nc1ccc(-c2ccccc2)cc1. The minimum absolute atomic E-state index is 0.932. The molecule has 0 radical (unpaired) electrons. The Morgan fingerprint density at radius 1 is 0.517 bits per heavy atom. The molecule has 4 rings (SSSR count). The van der Waals surface area contributed by atoms with Gasteiger partial charge >= 0.3 is 0 Å². The molecule has 4 aromatic carbocycles. The second-order valence-corrected chi connectivity index (χ2v) is 6.64. The van der Waals surface area contributed by atoms with Crippen LogP contribution in [0.5, 0.6) is 0 Å². The van der Waals surface area contributed by atoms with Gasteiger partial charge in [-0.25, -0.2) is 0 Å². The van der Waals surface area contributed by atoms with Gasteiger partial charge in [0.05, 0.1) is 5.69 Å². The van der Waals surface area contributed by atoms with Gasteiger partial charge in [0.2, 0.25) is 0 Å². The van der Waals surface area contributed by atoms with Crippen LogP contribution in [0.25, 0.3) is 22.3 Å². The summed E-state index contributed by atoms with van der Waals surface area (Å²) in [5.41, 5.74) is 6.81. The summed E-state index contributed by atoms with van der Waals surface area (Å²) in [6, 6.07) is 37.4. The molecular formula is C27H22N2. The largest absolute Gasteiger partial charge is 0.362 e. The maximum Gasteiger partial charge on any atom is 0.0630 e. The lowest BCUT2D eigenvalue weighted by Crippen LogP contribution is -1.87. The van der Waals surface area contributed by atoms with Crippen molar-refractivity contribution in [3.63, 3.8) is 0 Å². The zero-order chi connectivity index (χ0) is 19.7. The predicted molar refractivity (Wildman–Crippen MR) is 125 cm³/mol. The van der Waals surface area contributed by atoms with E-state index < -0.39 is 0 Å². The molecule has 0 bridgehead atoms. The van der Waals surface area contributed by atoms with E-state index in [0.717, 1.165) is 11.4 Å². The molecule has 2 heteroatoms. The lowest BCUT2D eigenvalue weighted by atomic mass is 10.1. The van der Waals surface area contributed by atoms with Gasteiger partial charge in [0.15, 0.2) is 0 Å². The summed E-state index contributed by atoms with van der Waals surface area (Å²) in [6.45, 7) is 0. The van der Waals surface area contributed by atoms with Gasteiger partial charge in [-0.15, -0.1) is 0 Å². The highest BCUT2D eigenvalue weighted by atomic mass is 14.8. The van der Waals surface area contributed by atoms with Crippen molar-refractivity contribution in [2.45, 2.75) is 0 Å². The van der Waals surface area contributed by atoms with E-state index in [1.807, 2.05) is 36.5 Å². The Kier molecular flexibility index (Phi) is 5.94. The summed E-state index contributed by atoms with van der Waals surface area (Å²) in [6.07, 6.45) is 5.58. The van der Waals surface area contributed by atoms with Crippen LogP contribution in [0.4, 0.5) is 11.4 Å². The molecule has 0 aliphatic carbocycles. The summed E-state index contributed by atoms with van der Waals surface area (Å²) >= 11 is 0. The third-order valence-corrected chi connectivity index (χ3v) is 4.62. The van der Waals surface area contributed by atoms with E-state index in [1.54, 1.807) is 6.21 Å². The van der Waals surface area contributed by atoms with Crippen LogP contribution in [0.2, 0.25) is 0 Å². The Hall–Kier alpha value is -3.91. The molecule has 1 N–H and O–H groups in total. The average molecular weight is 374 g/mol. The van der Waals surface area contributed by atoms with E-state index in [2.05, 4.69) is 95.2 Å². The third-order valence-electron chi connectivity index (χ3n) is 4.62. The molecule has 0 saturated carbocycles. The van der Waals surface area contributed by atoms with Crippen LogP contribution in [0.15, 0.2) is 126 Å². The fraction of sp³-hybridized carbons (Fsp3) is 0. The van der Waals surface area contributed by atoms with Gasteiger partial charge in [-0.05, 0) is 52.6 Å². The van der Waals surface area contributed by atoms with Crippen LogP contribution in [-0.2, 0) is 0 Å². The van der Waals surface area contributed by atoms with Crippen molar-refractivity contribution in [2.75, 3.05) is 5.32 Å². The van der Waals surface area contributed by atoms with E-state index in [4.69, 9.17) is 0 Å². The molecule has 2 nitrogen and oxygen atoms in total. The molecule has 0 fully saturated rings. The van der Waals surface area contributed by atoms with Crippen LogP contribution in [0, 0.1) is 0 Å². The first-order valence-electron chi connectivity index (χ1n) is 9.65. The highest BCUT2D eigenvalue weighted by Crippen LogP contribution is 2.22. The van der Waals surface area contributed by atoms with Crippen molar-refractivity contribution in [1.82, 2.24) is 0 Å². The van der Waals surface area contributed by atoms with Gasteiger partial charge < -0.3 is 5.32 Å². The first-order chi connectivity index (χ1) is 14.4. The molecule has 29 heavy (non-hydrogen) atoms. The van der Waals surface area contributed by atoms with Crippen molar-refractivity contribution in [3.8, 4) is 22.3 Å². The molecular weight excluding hydrogens is 352 g/mol. The molecule has 0 spiro atoms. The van der Waals surface area contributed by atoms with Gasteiger partial charge in [0.25, 0.3) is 0 Å². The topological polar surface area (TPSA) is 24.4 Å². The lowest BCUT2D eigenvalue weighted by molar-refractivity contribution is 1.52. The molecule has 0 unspecified atom stereocenters. The number of rotatable bonds is 6. The first-order valence-corrected chi connectivity index (χ1v) is 9.65. The van der Waals surface area contributed by atoms with Gasteiger partial charge in [-0.1, -0.05) is 84.9 Å². The summed E-state index contributed by atoms with van der Waals surface area (Å²) in [5.74, 6) is 0. The summed E-state index contributed by atoms with van der Waals surface area (Å²) in [4.78, 5) is 4.47. The smallest absolute Gasteiger partial charge is 0.0630 e. The normalized spacial score (nSPS) is 11.2. The Morgan fingerprint density at radius 3 is 1.55 bits per heavy atom. The Labute approximate surface area is 171 Å². The summed E-state index contributed by atoms with van der Waals surface area (Å²) < 4.78 is 0. The Balaban J connectivity index is 1.31. The number of hydrogen-bond donors (Lipinski definition) is 1. The molecule has 140 valence electrons. The highest BCUT2D eigenvalue weighted by molar-refractivity contribution is 5.76. The molecule has 0 amide bonds. The maximum atomic E-state index is 4.47. The predicted octanol–water partition coefficient (Wildman–Crippen LogP) is 7.35. The summed E-state index contributed by atoms with van der Waals surface area (Å²) in [5, 5.41) is 3.27. The molecule has 0 atom stereocenters. The molecule has 0 heterocycles. The number of anilines is 1.